The quantitative estimate of drug-likeness (QED) is 0.266. The van der Waals surface area contributed by atoms with E-state index in [2.05, 4.69) is 20.4 Å². The van der Waals surface area contributed by atoms with Crippen LogP contribution in [0.3, 0.4) is 0 Å². The number of carbonyl (C=O) groups is 1. The highest BCUT2D eigenvalue weighted by molar-refractivity contribution is 7.45. The van der Waals surface area contributed by atoms with Gasteiger partial charge in [-0.15, -0.1) is 0 Å². The summed E-state index contributed by atoms with van der Waals surface area (Å²) in [7, 11) is -4.00. The van der Waals surface area contributed by atoms with Gasteiger partial charge < -0.3 is 18.7 Å². The Labute approximate surface area is 128 Å². The van der Waals surface area contributed by atoms with Crippen molar-refractivity contribution in [2.24, 2.45) is 0 Å². The van der Waals surface area contributed by atoms with E-state index in [4.69, 9.17) is 0 Å². The number of hydrogen-bond donors (Lipinski definition) is 0. The van der Waals surface area contributed by atoms with Crippen LogP contribution in [0.4, 0.5) is 0 Å². The Kier molecular flexibility index (Phi) is 15.4. The maximum atomic E-state index is 11.0. The third-order valence-electron chi connectivity index (χ3n) is 2.12. The van der Waals surface area contributed by atoms with Gasteiger partial charge in [0.1, 0.15) is 0 Å². The summed E-state index contributed by atoms with van der Waals surface area (Å²) in [5.41, 5.74) is 0.451. The molecule has 0 N–H and O–H groups in total. The molecule has 0 aliphatic carbocycles. The first-order valence-electron chi connectivity index (χ1n) is 7.23. The molecule has 0 aliphatic rings. The average molecular weight is 323 g/mol. The van der Waals surface area contributed by atoms with Crippen LogP contribution in [0, 0.1) is 0 Å². The Hall–Kier alpha value is -0.680. The van der Waals surface area contributed by atoms with Gasteiger partial charge in [-0.05, 0) is 26.7 Å². The standard InChI is InChI=1S/C8H19O4P.C6H10O2/c1-3-5-7-11-13(9,10)12-8-6-4-2;1-4-8-6(7)5(2)3/h3-8H2,1-2H3,(H,9,10);2,4H2,1,3H3/p-1. The third-order valence-corrected chi connectivity index (χ3v) is 3.12. The van der Waals surface area contributed by atoms with Crippen molar-refractivity contribution < 1.29 is 28.0 Å². The van der Waals surface area contributed by atoms with Gasteiger partial charge in [0.25, 0.3) is 7.82 Å². The summed E-state index contributed by atoms with van der Waals surface area (Å²) < 4.78 is 24.7. The fourth-order valence-corrected chi connectivity index (χ4v) is 1.71. The van der Waals surface area contributed by atoms with Gasteiger partial charge in [-0.2, -0.15) is 0 Å². The number of phosphoric ester groups is 1. The molecule has 0 heterocycles. The molecule has 126 valence electrons. The Balaban J connectivity index is 0. The number of unbranched alkanes of at least 4 members (excludes halogenated alkanes) is 2. The molecule has 0 unspecified atom stereocenters. The lowest BCUT2D eigenvalue weighted by atomic mass is 10.4. The second-order valence-corrected chi connectivity index (χ2v) is 5.73. The van der Waals surface area contributed by atoms with Crippen LogP contribution < -0.4 is 4.89 Å². The highest BCUT2D eigenvalue weighted by Crippen LogP contribution is 2.38. The third kappa shape index (κ3) is 17.3. The Morgan fingerprint density at radius 2 is 1.52 bits per heavy atom. The molecule has 0 amide bonds. The normalized spacial score (nSPS) is 10.5. The van der Waals surface area contributed by atoms with Gasteiger partial charge in [-0.1, -0.05) is 33.3 Å². The number of ether oxygens (including phenoxy) is 1. The molecule has 0 saturated heterocycles. The van der Waals surface area contributed by atoms with Gasteiger partial charge in [-0.3, -0.25) is 4.57 Å². The molecule has 0 aromatic heterocycles. The van der Waals surface area contributed by atoms with Crippen molar-refractivity contribution in [1.29, 1.82) is 0 Å². The van der Waals surface area contributed by atoms with Gasteiger partial charge in [0.05, 0.1) is 19.8 Å². The van der Waals surface area contributed by atoms with Gasteiger partial charge >= 0.3 is 5.97 Å². The zero-order chi connectivity index (χ0) is 16.7. The van der Waals surface area contributed by atoms with E-state index < -0.39 is 7.82 Å². The number of esters is 1. The van der Waals surface area contributed by atoms with Crippen LogP contribution in [-0.4, -0.2) is 25.8 Å². The maximum absolute atomic E-state index is 11.0. The van der Waals surface area contributed by atoms with Crippen LogP contribution in [0.15, 0.2) is 12.2 Å². The van der Waals surface area contributed by atoms with E-state index in [0.717, 1.165) is 25.7 Å². The van der Waals surface area contributed by atoms with Gasteiger partial charge in [0, 0.05) is 5.57 Å². The first-order valence-corrected chi connectivity index (χ1v) is 8.69. The largest absolute Gasteiger partial charge is 0.756 e. The van der Waals surface area contributed by atoms with Crippen molar-refractivity contribution in [2.45, 2.75) is 53.4 Å². The van der Waals surface area contributed by atoms with E-state index in [1.54, 1.807) is 13.8 Å². The summed E-state index contributed by atoms with van der Waals surface area (Å²) in [6.45, 7) is 11.6. The first-order chi connectivity index (χ1) is 9.80. The Morgan fingerprint density at radius 1 is 1.10 bits per heavy atom. The molecule has 0 bridgehead atoms. The van der Waals surface area contributed by atoms with Gasteiger partial charge in [0.2, 0.25) is 0 Å². The molecule has 6 nitrogen and oxygen atoms in total. The fourth-order valence-electron chi connectivity index (χ4n) is 0.933. The zero-order valence-corrected chi connectivity index (χ0v) is 14.4. The molecule has 0 atom stereocenters. The summed E-state index contributed by atoms with van der Waals surface area (Å²) >= 11 is 0. The molecular weight excluding hydrogens is 295 g/mol. The number of rotatable bonds is 10. The van der Waals surface area contributed by atoms with Crippen LogP contribution in [0.25, 0.3) is 0 Å². The van der Waals surface area contributed by atoms with Crippen LogP contribution in [0.5, 0.6) is 0 Å². The van der Waals surface area contributed by atoms with E-state index in [-0.39, 0.29) is 19.2 Å². The predicted molar refractivity (Wildman–Crippen MR) is 80.8 cm³/mol. The van der Waals surface area contributed by atoms with E-state index in [1.165, 1.54) is 0 Å². The lowest BCUT2D eigenvalue weighted by Gasteiger charge is -2.22. The molecule has 21 heavy (non-hydrogen) atoms. The SMILES string of the molecule is C=C(C)C(=O)OCC.CCCCOP(=O)([O-])OCCCC. The van der Waals surface area contributed by atoms with E-state index in [9.17, 15) is 14.3 Å². The monoisotopic (exact) mass is 323 g/mol. The second-order valence-electron chi connectivity index (χ2n) is 4.32. The minimum absolute atomic E-state index is 0.226. The molecule has 0 fully saturated rings. The van der Waals surface area contributed by atoms with Crippen LogP contribution in [0.2, 0.25) is 0 Å². The molecule has 0 aliphatic heterocycles. The lowest BCUT2D eigenvalue weighted by Crippen LogP contribution is -2.09. The van der Waals surface area contributed by atoms with E-state index in [0.29, 0.717) is 12.2 Å². The molecule has 0 aromatic carbocycles. The fraction of sp³-hybridized carbons (Fsp3) is 0.786. The maximum Gasteiger partial charge on any atom is 0.333 e. The number of phosphoric acid groups is 1. The topological polar surface area (TPSA) is 84.9 Å². The summed E-state index contributed by atoms with van der Waals surface area (Å²) in [5, 5.41) is 0. The van der Waals surface area contributed by atoms with Crippen LogP contribution in [-0.2, 0) is 23.1 Å². The second kappa shape index (κ2) is 14.3. The molecule has 0 saturated carbocycles. The molecule has 0 rings (SSSR count). The smallest absolute Gasteiger partial charge is 0.333 e. The van der Waals surface area contributed by atoms with E-state index in [1.807, 2.05) is 13.8 Å². The van der Waals surface area contributed by atoms with E-state index >= 15 is 0 Å². The predicted octanol–water partition coefficient (Wildman–Crippen LogP) is 3.21. The molecular formula is C14H28O6P-. The minimum Gasteiger partial charge on any atom is -0.756 e. The van der Waals surface area contributed by atoms with Crippen molar-refractivity contribution in [3.8, 4) is 0 Å². The average Bonchev–Trinajstić information content (AvgIpc) is 2.40. The van der Waals surface area contributed by atoms with Crippen LogP contribution in [0.1, 0.15) is 53.4 Å². The number of hydrogen-bond acceptors (Lipinski definition) is 6. The molecule has 0 radical (unpaired) electrons. The molecule has 7 heteroatoms. The minimum atomic E-state index is -4.00. The summed E-state index contributed by atoms with van der Waals surface area (Å²) in [6.07, 6.45) is 3.30. The van der Waals surface area contributed by atoms with Crippen molar-refractivity contribution in [1.82, 2.24) is 0 Å². The highest BCUT2D eigenvalue weighted by atomic mass is 31.2. The zero-order valence-electron chi connectivity index (χ0n) is 13.6. The molecule has 0 spiro atoms. The lowest BCUT2D eigenvalue weighted by molar-refractivity contribution is -0.225. The van der Waals surface area contributed by atoms with Crippen molar-refractivity contribution >= 4 is 13.8 Å². The van der Waals surface area contributed by atoms with Gasteiger partial charge in [0.15, 0.2) is 0 Å². The Morgan fingerprint density at radius 3 is 1.76 bits per heavy atom. The van der Waals surface area contributed by atoms with Crippen molar-refractivity contribution in [3.63, 3.8) is 0 Å². The number of carbonyl (C=O) groups excluding carboxylic acids is 1. The Bertz CT molecular complexity index is 315. The summed E-state index contributed by atoms with van der Waals surface area (Å²) in [6, 6.07) is 0. The van der Waals surface area contributed by atoms with Crippen LogP contribution >= 0.6 is 7.82 Å². The molecule has 0 aromatic rings. The summed E-state index contributed by atoms with van der Waals surface area (Å²) in [4.78, 5) is 21.4. The van der Waals surface area contributed by atoms with Gasteiger partial charge in [-0.25, -0.2) is 4.79 Å². The summed E-state index contributed by atoms with van der Waals surface area (Å²) in [5.74, 6) is -0.312. The van der Waals surface area contributed by atoms with Crippen molar-refractivity contribution in [2.75, 3.05) is 19.8 Å². The first kappa shape index (κ1) is 22.6. The highest BCUT2D eigenvalue weighted by Gasteiger charge is 2.07. The van der Waals surface area contributed by atoms with Crippen molar-refractivity contribution in [3.05, 3.63) is 12.2 Å².